The highest BCUT2D eigenvalue weighted by Gasteiger charge is 2.33. The van der Waals surface area contributed by atoms with Gasteiger partial charge in [0.05, 0.1) is 22.7 Å². The van der Waals surface area contributed by atoms with Gasteiger partial charge in [0.1, 0.15) is 4.21 Å². The third-order valence-electron chi connectivity index (χ3n) is 6.89. The molecule has 2 aromatic carbocycles. The Kier molecular flexibility index (Phi) is 7.51. The summed E-state index contributed by atoms with van der Waals surface area (Å²) in [5.41, 5.74) is 2.96. The first-order chi connectivity index (χ1) is 17.7. The normalized spacial score (nSPS) is 18.4. The van der Waals surface area contributed by atoms with Crippen molar-refractivity contribution in [1.82, 2.24) is 0 Å². The summed E-state index contributed by atoms with van der Waals surface area (Å²) in [5, 5.41) is 0. The number of nitrogens with zero attached hydrogens (tertiary/aromatic N) is 1. The number of rotatable bonds is 8. The van der Waals surface area contributed by atoms with Crippen LogP contribution in [0.25, 0.3) is 0 Å². The predicted octanol–water partition coefficient (Wildman–Crippen LogP) is 6.47. The van der Waals surface area contributed by atoms with Crippen LogP contribution in [-0.4, -0.2) is 34.1 Å². The Morgan fingerprint density at radius 3 is 2.57 bits per heavy atom. The summed E-state index contributed by atoms with van der Waals surface area (Å²) in [7, 11) is -2.10. The first kappa shape index (κ1) is 26.1. The van der Waals surface area contributed by atoms with Crippen LogP contribution in [0.5, 0.6) is 11.5 Å². The summed E-state index contributed by atoms with van der Waals surface area (Å²) in [6.07, 6.45) is 5.03. The molecule has 1 unspecified atom stereocenters. The van der Waals surface area contributed by atoms with Crippen LogP contribution in [0.2, 0.25) is 0 Å². The van der Waals surface area contributed by atoms with Crippen molar-refractivity contribution < 1.29 is 22.7 Å². The molecule has 0 spiro atoms. The van der Waals surface area contributed by atoms with Gasteiger partial charge in [-0.1, -0.05) is 12.1 Å². The van der Waals surface area contributed by atoms with Gasteiger partial charge in [-0.25, -0.2) is 8.42 Å². The van der Waals surface area contributed by atoms with Crippen LogP contribution in [0.15, 0.2) is 56.5 Å². The molecule has 10 heteroatoms. The number of amides is 1. The Balaban J connectivity index is 1.33. The maximum atomic E-state index is 13.0. The van der Waals surface area contributed by atoms with E-state index in [1.807, 2.05) is 31.2 Å². The second-order valence-electron chi connectivity index (χ2n) is 9.52. The van der Waals surface area contributed by atoms with Crippen LogP contribution >= 0.6 is 27.3 Å². The Labute approximate surface area is 230 Å². The van der Waals surface area contributed by atoms with Gasteiger partial charge in [0.15, 0.2) is 11.5 Å². The van der Waals surface area contributed by atoms with Gasteiger partial charge in [-0.3, -0.25) is 9.52 Å². The molecule has 196 valence electrons. The number of benzene rings is 2. The number of carbonyl (C=O) groups excluding carboxylic acids is 1. The van der Waals surface area contributed by atoms with Gasteiger partial charge in [-0.2, -0.15) is 0 Å². The molecule has 7 nitrogen and oxygen atoms in total. The molecule has 5 rings (SSSR count). The third kappa shape index (κ3) is 5.66. The van der Waals surface area contributed by atoms with Crippen molar-refractivity contribution in [2.24, 2.45) is 0 Å². The minimum absolute atomic E-state index is 0.00287. The zero-order valence-electron chi connectivity index (χ0n) is 20.7. The number of thiophene rings is 1. The van der Waals surface area contributed by atoms with Gasteiger partial charge >= 0.3 is 0 Å². The van der Waals surface area contributed by atoms with Crippen LogP contribution in [-0.2, 0) is 14.8 Å². The number of anilines is 2. The SMILES string of the molecule is COc1ccc(C2CC(=O)N(c3cccc(NS(=O)(=O)c4cc(C)c(Br)s4)c3)C2)cc1OC1CCCC1. The lowest BCUT2D eigenvalue weighted by atomic mass is 9.98. The standard InChI is InChI=1S/C27H29BrN2O5S2/c1-17-12-26(36-27(17)28)37(32,33)29-20-6-5-7-21(15-20)30-16-19(14-25(30)31)18-10-11-23(34-2)24(13-18)35-22-8-3-4-9-22/h5-7,10-13,15,19,22,29H,3-4,8-9,14,16H2,1-2H3. The Bertz CT molecular complexity index is 1400. The number of halogens is 1. The molecule has 1 amide bonds. The summed E-state index contributed by atoms with van der Waals surface area (Å²) in [5.74, 6) is 1.42. The summed E-state index contributed by atoms with van der Waals surface area (Å²) in [6, 6.07) is 14.5. The molecule has 0 bridgehead atoms. The average Bonchev–Trinajstić information content (AvgIpc) is 3.60. The highest BCUT2D eigenvalue weighted by atomic mass is 79.9. The molecule has 1 aliphatic carbocycles. The predicted molar refractivity (Wildman–Crippen MR) is 150 cm³/mol. The van der Waals surface area contributed by atoms with Crippen LogP contribution in [0.3, 0.4) is 0 Å². The van der Waals surface area contributed by atoms with Crippen molar-refractivity contribution in [1.29, 1.82) is 0 Å². The van der Waals surface area contributed by atoms with Crippen molar-refractivity contribution in [3.63, 3.8) is 0 Å². The van der Waals surface area contributed by atoms with Gasteiger partial charge < -0.3 is 14.4 Å². The number of aryl methyl sites for hydroxylation is 1. The van der Waals surface area contributed by atoms with Gasteiger partial charge in [0.25, 0.3) is 10.0 Å². The Hall–Kier alpha value is -2.56. The fraction of sp³-hybridized carbons (Fsp3) is 0.370. The molecule has 1 saturated heterocycles. The van der Waals surface area contributed by atoms with E-state index in [4.69, 9.17) is 9.47 Å². The van der Waals surface area contributed by atoms with E-state index in [1.54, 1.807) is 36.3 Å². The molecule has 1 N–H and O–H groups in total. The topological polar surface area (TPSA) is 84.9 Å². The zero-order valence-corrected chi connectivity index (χ0v) is 23.9. The lowest BCUT2D eigenvalue weighted by molar-refractivity contribution is -0.117. The van der Waals surface area contributed by atoms with Gasteiger partial charge in [-0.05, 0) is 96.1 Å². The largest absolute Gasteiger partial charge is 0.493 e. The molecule has 0 radical (unpaired) electrons. The highest BCUT2D eigenvalue weighted by molar-refractivity contribution is 9.11. The van der Waals surface area contributed by atoms with Gasteiger partial charge in [0, 0.05) is 24.6 Å². The number of methoxy groups -OCH3 is 1. The average molecular weight is 606 g/mol. The summed E-state index contributed by atoms with van der Waals surface area (Å²) >= 11 is 4.55. The number of hydrogen-bond acceptors (Lipinski definition) is 6. The number of nitrogens with one attached hydrogen (secondary N) is 1. The van der Waals surface area contributed by atoms with E-state index in [-0.39, 0.29) is 22.1 Å². The van der Waals surface area contributed by atoms with Crippen molar-refractivity contribution in [2.75, 3.05) is 23.3 Å². The first-order valence-corrected chi connectivity index (χ1v) is 15.4. The maximum Gasteiger partial charge on any atom is 0.271 e. The van der Waals surface area contributed by atoms with Crippen LogP contribution in [0.1, 0.15) is 49.1 Å². The maximum absolute atomic E-state index is 13.0. The van der Waals surface area contributed by atoms with Crippen LogP contribution in [0, 0.1) is 6.92 Å². The van der Waals surface area contributed by atoms with Crippen molar-refractivity contribution in [3.8, 4) is 11.5 Å². The van der Waals surface area contributed by atoms with E-state index < -0.39 is 10.0 Å². The van der Waals surface area contributed by atoms with Gasteiger partial charge in [0.2, 0.25) is 5.91 Å². The summed E-state index contributed by atoms with van der Waals surface area (Å²) < 4.78 is 41.2. The van der Waals surface area contributed by atoms with E-state index >= 15 is 0 Å². The van der Waals surface area contributed by atoms with E-state index in [2.05, 4.69) is 20.7 Å². The summed E-state index contributed by atoms with van der Waals surface area (Å²) in [6.45, 7) is 2.35. The Morgan fingerprint density at radius 1 is 1.08 bits per heavy atom. The van der Waals surface area contributed by atoms with Gasteiger partial charge in [-0.15, -0.1) is 11.3 Å². The zero-order chi connectivity index (χ0) is 26.2. The van der Waals surface area contributed by atoms with E-state index in [0.29, 0.717) is 30.1 Å². The van der Waals surface area contributed by atoms with E-state index in [1.165, 1.54) is 12.8 Å². The van der Waals surface area contributed by atoms with Crippen molar-refractivity contribution in [2.45, 2.75) is 55.3 Å². The molecule has 3 aromatic rings. The molecule has 1 aromatic heterocycles. The second kappa shape index (κ2) is 10.7. The molecular weight excluding hydrogens is 576 g/mol. The lowest BCUT2D eigenvalue weighted by Gasteiger charge is -2.20. The number of carbonyl (C=O) groups is 1. The molecule has 2 aliphatic rings. The summed E-state index contributed by atoms with van der Waals surface area (Å²) in [4.78, 5) is 14.7. The fourth-order valence-corrected chi connectivity index (χ4v) is 8.19. The molecule has 1 saturated carbocycles. The van der Waals surface area contributed by atoms with E-state index in [9.17, 15) is 13.2 Å². The monoisotopic (exact) mass is 604 g/mol. The van der Waals surface area contributed by atoms with Crippen LogP contribution < -0.4 is 19.1 Å². The van der Waals surface area contributed by atoms with Crippen LogP contribution in [0.4, 0.5) is 11.4 Å². The smallest absolute Gasteiger partial charge is 0.271 e. The van der Waals surface area contributed by atoms with Crippen molar-refractivity contribution in [3.05, 3.63) is 63.4 Å². The molecule has 37 heavy (non-hydrogen) atoms. The molecule has 1 aliphatic heterocycles. The minimum Gasteiger partial charge on any atom is -0.493 e. The quantitative estimate of drug-likeness (QED) is 0.318. The first-order valence-electron chi connectivity index (χ1n) is 12.3. The fourth-order valence-electron chi connectivity index (χ4n) is 4.91. The molecule has 1 atom stereocenters. The minimum atomic E-state index is -3.73. The third-order valence-corrected chi connectivity index (χ3v) is 10.9. The highest BCUT2D eigenvalue weighted by Crippen LogP contribution is 2.39. The second-order valence-corrected chi connectivity index (χ2v) is 13.8. The number of hydrogen-bond donors (Lipinski definition) is 1. The Morgan fingerprint density at radius 2 is 1.86 bits per heavy atom. The number of ether oxygens (including phenoxy) is 2. The number of sulfonamides is 1. The van der Waals surface area contributed by atoms with Crippen molar-refractivity contribution >= 4 is 54.6 Å². The molecule has 2 fully saturated rings. The lowest BCUT2D eigenvalue weighted by Crippen LogP contribution is -2.24. The molecular formula is C27H29BrN2O5S2. The van der Waals surface area contributed by atoms with E-state index in [0.717, 1.165) is 44.8 Å². The molecule has 2 heterocycles.